The van der Waals surface area contributed by atoms with Gasteiger partial charge in [-0.15, -0.1) is 11.3 Å². The number of hydrogen-bond acceptors (Lipinski definition) is 3. The molecule has 3 nitrogen and oxygen atoms in total. The van der Waals surface area contributed by atoms with Crippen LogP contribution in [0, 0.1) is 5.82 Å². The fraction of sp³-hybridized carbons (Fsp3) is 0. The Morgan fingerprint density at radius 3 is 2.81 bits per heavy atom. The molecule has 0 saturated carbocycles. The van der Waals surface area contributed by atoms with Gasteiger partial charge in [-0.25, -0.2) is 14.2 Å². The van der Waals surface area contributed by atoms with Gasteiger partial charge in [0.1, 0.15) is 15.2 Å². The summed E-state index contributed by atoms with van der Waals surface area (Å²) in [6.45, 7) is 0. The second-order valence-electron chi connectivity index (χ2n) is 2.96. The van der Waals surface area contributed by atoms with E-state index in [0.717, 1.165) is 11.3 Å². The summed E-state index contributed by atoms with van der Waals surface area (Å²) in [5, 5.41) is 9.16. The molecule has 0 aliphatic rings. The van der Waals surface area contributed by atoms with Crippen molar-refractivity contribution in [2.24, 2.45) is 0 Å². The van der Waals surface area contributed by atoms with Crippen LogP contribution < -0.4 is 0 Å². The molecule has 82 valence electrons. The third-order valence-electron chi connectivity index (χ3n) is 1.86. The van der Waals surface area contributed by atoms with Gasteiger partial charge in [0.2, 0.25) is 0 Å². The SMILES string of the molecule is O=C(O)c1nc(-c2cccc(F)c2)sc1Cl. The van der Waals surface area contributed by atoms with Gasteiger partial charge in [0, 0.05) is 5.56 Å². The molecule has 0 bridgehead atoms. The van der Waals surface area contributed by atoms with Gasteiger partial charge in [-0.1, -0.05) is 23.7 Å². The average Bonchev–Trinajstić information content (AvgIpc) is 2.60. The van der Waals surface area contributed by atoms with E-state index in [2.05, 4.69) is 4.98 Å². The van der Waals surface area contributed by atoms with E-state index in [-0.39, 0.29) is 10.0 Å². The van der Waals surface area contributed by atoms with Crippen LogP contribution in [0.15, 0.2) is 24.3 Å². The van der Waals surface area contributed by atoms with Crippen LogP contribution >= 0.6 is 22.9 Å². The molecule has 2 rings (SSSR count). The lowest BCUT2D eigenvalue weighted by atomic mass is 10.2. The van der Waals surface area contributed by atoms with Crippen molar-refractivity contribution in [3.63, 3.8) is 0 Å². The number of rotatable bonds is 2. The molecular weight excluding hydrogens is 253 g/mol. The third-order valence-corrected chi connectivity index (χ3v) is 3.16. The van der Waals surface area contributed by atoms with Gasteiger partial charge in [-0.2, -0.15) is 0 Å². The summed E-state index contributed by atoms with van der Waals surface area (Å²) in [6.07, 6.45) is 0. The normalized spacial score (nSPS) is 10.4. The Balaban J connectivity index is 2.49. The van der Waals surface area contributed by atoms with E-state index in [1.54, 1.807) is 6.07 Å². The van der Waals surface area contributed by atoms with Crippen LogP contribution in [-0.4, -0.2) is 16.1 Å². The summed E-state index contributed by atoms with van der Waals surface area (Å²) in [4.78, 5) is 14.6. The van der Waals surface area contributed by atoms with E-state index in [1.807, 2.05) is 0 Å². The molecule has 0 atom stereocenters. The number of carbonyl (C=O) groups is 1. The average molecular weight is 258 g/mol. The monoisotopic (exact) mass is 257 g/mol. The first kappa shape index (κ1) is 11.0. The minimum atomic E-state index is -1.19. The van der Waals surface area contributed by atoms with Crippen LogP contribution in [-0.2, 0) is 0 Å². The van der Waals surface area contributed by atoms with Crippen LogP contribution in [0.5, 0.6) is 0 Å². The molecular formula is C10H5ClFNO2S. The molecule has 0 spiro atoms. The van der Waals surface area contributed by atoms with Crippen molar-refractivity contribution >= 4 is 28.9 Å². The molecule has 1 heterocycles. The number of aromatic nitrogens is 1. The quantitative estimate of drug-likeness (QED) is 0.898. The highest BCUT2D eigenvalue weighted by atomic mass is 35.5. The van der Waals surface area contributed by atoms with Crippen LogP contribution in [0.3, 0.4) is 0 Å². The Morgan fingerprint density at radius 2 is 2.25 bits per heavy atom. The Labute approximate surface area is 99.1 Å². The fourth-order valence-corrected chi connectivity index (χ4v) is 2.30. The van der Waals surface area contributed by atoms with Crippen molar-refractivity contribution in [3.05, 3.63) is 40.1 Å². The lowest BCUT2D eigenvalue weighted by molar-refractivity contribution is 0.0691. The maximum absolute atomic E-state index is 12.9. The standard InChI is InChI=1S/C10H5ClFNO2S/c11-8-7(10(14)15)13-9(16-8)5-2-1-3-6(12)4-5/h1-4H,(H,14,15). The zero-order valence-corrected chi connectivity index (χ0v) is 9.35. The summed E-state index contributed by atoms with van der Waals surface area (Å²) >= 11 is 6.72. The Hall–Kier alpha value is -1.46. The summed E-state index contributed by atoms with van der Waals surface area (Å²) in [6, 6.07) is 5.75. The predicted octanol–water partition coefficient (Wildman–Crippen LogP) is 3.30. The first-order valence-corrected chi connectivity index (χ1v) is 5.43. The van der Waals surface area contributed by atoms with E-state index in [9.17, 15) is 9.18 Å². The summed E-state index contributed by atoms with van der Waals surface area (Å²) in [5.41, 5.74) is 0.310. The highest BCUT2D eigenvalue weighted by Crippen LogP contribution is 2.31. The zero-order chi connectivity index (χ0) is 11.7. The van der Waals surface area contributed by atoms with E-state index in [4.69, 9.17) is 16.7 Å². The van der Waals surface area contributed by atoms with E-state index in [0.29, 0.717) is 10.6 Å². The van der Waals surface area contributed by atoms with Gasteiger partial charge >= 0.3 is 5.97 Å². The van der Waals surface area contributed by atoms with E-state index >= 15 is 0 Å². The number of benzene rings is 1. The predicted molar refractivity (Wildman–Crippen MR) is 59.5 cm³/mol. The van der Waals surface area contributed by atoms with Crippen molar-refractivity contribution in [1.29, 1.82) is 0 Å². The molecule has 0 saturated heterocycles. The first-order chi connectivity index (χ1) is 7.58. The second-order valence-corrected chi connectivity index (χ2v) is 4.56. The number of nitrogens with zero attached hydrogens (tertiary/aromatic N) is 1. The Kier molecular flexibility index (Phi) is 2.89. The van der Waals surface area contributed by atoms with Gasteiger partial charge in [-0.3, -0.25) is 0 Å². The molecule has 0 fully saturated rings. The molecule has 2 aromatic rings. The Morgan fingerprint density at radius 1 is 1.50 bits per heavy atom. The van der Waals surface area contributed by atoms with Gasteiger partial charge in [0.05, 0.1) is 0 Å². The number of aromatic carboxylic acids is 1. The van der Waals surface area contributed by atoms with Crippen molar-refractivity contribution in [1.82, 2.24) is 4.98 Å². The van der Waals surface area contributed by atoms with Crippen LogP contribution in [0.25, 0.3) is 10.6 Å². The topological polar surface area (TPSA) is 50.2 Å². The molecule has 16 heavy (non-hydrogen) atoms. The number of halogens is 2. The maximum atomic E-state index is 12.9. The largest absolute Gasteiger partial charge is 0.476 e. The van der Waals surface area contributed by atoms with Gasteiger partial charge < -0.3 is 5.11 Å². The summed E-state index contributed by atoms with van der Waals surface area (Å²) < 4.78 is 13.0. The second kappa shape index (κ2) is 4.19. The van der Waals surface area contributed by atoms with Crippen molar-refractivity contribution in [2.75, 3.05) is 0 Å². The summed E-state index contributed by atoms with van der Waals surface area (Å²) in [7, 11) is 0. The molecule has 0 amide bonds. The van der Waals surface area contributed by atoms with E-state index in [1.165, 1.54) is 18.2 Å². The first-order valence-electron chi connectivity index (χ1n) is 4.23. The highest BCUT2D eigenvalue weighted by Gasteiger charge is 2.16. The number of carboxylic acid groups (broad SMARTS) is 1. The highest BCUT2D eigenvalue weighted by molar-refractivity contribution is 7.19. The lowest BCUT2D eigenvalue weighted by Crippen LogP contribution is -1.96. The fourth-order valence-electron chi connectivity index (χ4n) is 1.18. The van der Waals surface area contributed by atoms with E-state index < -0.39 is 11.8 Å². The van der Waals surface area contributed by atoms with Crippen LogP contribution in [0.2, 0.25) is 4.34 Å². The lowest BCUT2D eigenvalue weighted by Gasteiger charge is -1.94. The molecule has 6 heteroatoms. The zero-order valence-electron chi connectivity index (χ0n) is 7.78. The molecule has 1 aromatic heterocycles. The minimum Gasteiger partial charge on any atom is -0.476 e. The molecule has 0 unspecified atom stereocenters. The molecule has 0 radical (unpaired) electrons. The van der Waals surface area contributed by atoms with Gasteiger partial charge in [0.15, 0.2) is 5.69 Å². The van der Waals surface area contributed by atoms with Crippen LogP contribution in [0.4, 0.5) is 4.39 Å². The van der Waals surface area contributed by atoms with Gasteiger partial charge in [-0.05, 0) is 12.1 Å². The van der Waals surface area contributed by atoms with Crippen molar-refractivity contribution in [2.45, 2.75) is 0 Å². The number of thiazole rings is 1. The van der Waals surface area contributed by atoms with Crippen LogP contribution in [0.1, 0.15) is 10.5 Å². The smallest absolute Gasteiger partial charge is 0.356 e. The maximum Gasteiger partial charge on any atom is 0.356 e. The summed E-state index contributed by atoms with van der Waals surface area (Å²) in [5.74, 6) is -1.59. The number of hydrogen-bond donors (Lipinski definition) is 1. The Bertz CT molecular complexity index is 556. The third kappa shape index (κ3) is 2.05. The molecule has 0 aliphatic heterocycles. The molecule has 0 aliphatic carbocycles. The molecule has 1 N–H and O–H groups in total. The molecule has 1 aromatic carbocycles. The minimum absolute atomic E-state index is 0.0896. The number of carboxylic acids is 1. The van der Waals surface area contributed by atoms with Gasteiger partial charge in [0.25, 0.3) is 0 Å². The van der Waals surface area contributed by atoms with Crippen molar-refractivity contribution < 1.29 is 14.3 Å². The van der Waals surface area contributed by atoms with Crippen molar-refractivity contribution in [3.8, 4) is 10.6 Å².